The summed E-state index contributed by atoms with van der Waals surface area (Å²) in [7, 11) is 0. The first-order valence-corrected chi connectivity index (χ1v) is 9.80. The maximum Gasteiger partial charge on any atom is 0.233 e. The first-order chi connectivity index (χ1) is 12.6. The van der Waals surface area contributed by atoms with Gasteiger partial charge in [0.1, 0.15) is 0 Å². The summed E-state index contributed by atoms with van der Waals surface area (Å²) in [6, 6.07) is 7.17. The Morgan fingerprint density at radius 1 is 1.15 bits per heavy atom. The smallest absolute Gasteiger partial charge is 0.233 e. The molecule has 0 bridgehead atoms. The van der Waals surface area contributed by atoms with Crippen LogP contribution in [0.4, 0.5) is 0 Å². The molecule has 0 radical (unpaired) electrons. The van der Waals surface area contributed by atoms with Crippen molar-refractivity contribution in [2.45, 2.75) is 25.7 Å². The molecule has 2 heterocycles. The minimum Gasteiger partial charge on any atom is -0.476 e. The lowest BCUT2D eigenvalue weighted by Crippen LogP contribution is -2.44. The van der Waals surface area contributed by atoms with E-state index in [9.17, 15) is 4.79 Å². The highest BCUT2D eigenvalue weighted by molar-refractivity contribution is 6.42. The molecule has 138 valence electrons. The van der Waals surface area contributed by atoms with Crippen molar-refractivity contribution < 1.29 is 9.53 Å². The number of hydrogen-bond donors (Lipinski definition) is 0. The third kappa shape index (κ3) is 3.55. The number of halogens is 2. The highest BCUT2D eigenvalue weighted by Crippen LogP contribution is 2.36. The predicted molar refractivity (Wildman–Crippen MR) is 101 cm³/mol. The van der Waals surface area contributed by atoms with Gasteiger partial charge < -0.3 is 9.64 Å². The van der Waals surface area contributed by atoms with Crippen LogP contribution >= 0.6 is 23.2 Å². The molecule has 2 unspecified atom stereocenters. The van der Waals surface area contributed by atoms with Gasteiger partial charge in [-0.2, -0.15) is 0 Å². The number of ether oxygens (including phenoxy) is 1. The van der Waals surface area contributed by atoms with Gasteiger partial charge in [-0.3, -0.25) is 4.79 Å². The van der Waals surface area contributed by atoms with Crippen LogP contribution in [0.5, 0.6) is 5.88 Å². The van der Waals surface area contributed by atoms with Crippen molar-refractivity contribution in [1.29, 1.82) is 0 Å². The first-order valence-electron chi connectivity index (χ1n) is 9.04. The van der Waals surface area contributed by atoms with Gasteiger partial charge in [-0.1, -0.05) is 23.2 Å². The van der Waals surface area contributed by atoms with Crippen LogP contribution in [0, 0.1) is 11.8 Å². The summed E-state index contributed by atoms with van der Waals surface area (Å²) < 4.78 is 7.55. The standard InChI is InChI=1S/C19H21Cl2N3O2/c20-16-6-4-14(11-17(16)21)24-10-7-18(22-24)26-12-13-3-5-15(13)19(25)23-8-1-2-9-23/h4,6-7,10-11,13,15H,1-3,5,8-9,12H2. The van der Waals surface area contributed by atoms with E-state index in [1.165, 1.54) is 0 Å². The Morgan fingerprint density at radius 3 is 2.65 bits per heavy atom. The van der Waals surface area contributed by atoms with E-state index in [0.717, 1.165) is 44.5 Å². The molecule has 1 aliphatic heterocycles. The van der Waals surface area contributed by atoms with Gasteiger partial charge in [0.25, 0.3) is 0 Å². The first kappa shape index (κ1) is 17.7. The fourth-order valence-corrected chi connectivity index (χ4v) is 3.91. The van der Waals surface area contributed by atoms with Crippen LogP contribution in [0.2, 0.25) is 10.0 Å². The number of hydrogen-bond acceptors (Lipinski definition) is 3. The summed E-state index contributed by atoms with van der Waals surface area (Å²) in [5.74, 6) is 1.27. The molecule has 0 N–H and O–H groups in total. The Hall–Kier alpha value is -1.72. The van der Waals surface area contributed by atoms with Crippen molar-refractivity contribution in [3.63, 3.8) is 0 Å². The molecule has 1 amide bonds. The number of likely N-dealkylation sites (tertiary alicyclic amines) is 1. The van der Waals surface area contributed by atoms with E-state index in [1.54, 1.807) is 16.8 Å². The number of carbonyl (C=O) groups is 1. The molecule has 4 rings (SSSR count). The zero-order valence-corrected chi connectivity index (χ0v) is 15.9. The number of nitrogens with zero attached hydrogens (tertiary/aromatic N) is 3. The van der Waals surface area contributed by atoms with Crippen molar-refractivity contribution in [1.82, 2.24) is 14.7 Å². The molecular formula is C19H21Cl2N3O2. The predicted octanol–water partition coefficient (Wildman–Crippen LogP) is 4.21. The van der Waals surface area contributed by atoms with Crippen molar-refractivity contribution in [2.24, 2.45) is 11.8 Å². The van der Waals surface area contributed by atoms with Crippen LogP contribution in [-0.4, -0.2) is 40.3 Å². The highest BCUT2D eigenvalue weighted by atomic mass is 35.5. The Morgan fingerprint density at radius 2 is 1.96 bits per heavy atom. The van der Waals surface area contributed by atoms with E-state index < -0.39 is 0 Å². The van der Waals surface area contributed by atoms with Gasteiger partial charge in [-0.05, 0) is 43.9 Å². The second kappa shape index (κ2) is 7.49. The molecule has 1 aromatic heterocycles. The van der Waals surface area contributed by atoms with Crippen LogP contribution in [0.3, 0.4) is 0 Å². The van der Waals surface area contributed by atoms with Crippen molar-refractivity contribution in [2.75, 3.05) is 19.7 Å². The third-order valence-corrected chi connectivity index (χ3v) is 6.07. The maximum absolute atomic E-state index is 12.5. The van der Waals surface area contributed by atoms with E-state index in [1.807, 2.05) is 23.2 Å². The quantitative estimate of drug-likeness (QED) is 0.764. The van der Waals surface area contributed by atoms with Crippen LogP contribution in [0.25, 0.3) is 5.69 Å². The number of carbonyl (C=O) groups excluding carboxylic acids is 1. The van der Waals surface area contributed by atoms with Crippen molar-refractivity contribution >= 4 is 29.1 Å². The number of rotatable bonds is 5. The van der Waals surface area contributed by atoms with Gasteiger partial charge in [0, 0.05) is 37.2 Å². The summed E-state index contributed by atoms with van der Waals surface area (Å²) in [4.78, 5) is 14.5. The van der Waals surface area contributed by atoms with Crippen LogP contribution < -0.4 is 4.74 Å². The fourth-order valence-electron chi connectivity index (χ4n) is 3.61. The molecule has 2 fully saturated rings. The topological polar surface area (TPSA) is 47.4 Å². The number of aromatic nitrogens is 2. The van der Waals surface area contributed by atoms with E-state index >= 15 is 0 Å². The van der Waals surface area contributed by atoms with Crippen LogP contribution in [0.15, 0.2) is 30.5 Å². The maximum atomic E-state index is 12.5. The molecule has 1 aromatic carbocycles. The normalized spacial score (nSPS) is 22.3. The van der Waals surface area contributed by atoms with Gasteiger partial charge in [-0.15, -0.1) is 5.10 Å². The van der Waals surface area contributed by atoms with Crippen molar-refractivity contribution in [3.8, 4) is 11.6 Å². The number of amides is 1. The Kier molecular flexibility index (Phi) is 5.09. The minimum atomic E-state index is 0.116. The summed E-state index contributed by atoms with van der Waals surface area (Å²) in [6.45, 7) is 2.36. The van der Waals surface area contributed by atoms with Crippen molar-refractivity contribution in [3.05, 3.63) is 40.5 Å². The van der Waals surface area contributed by atoms with E-state index in [-0.39, 0.29) is 5.92 Å². The number of benzene rings is 1. The second-order valence-corrected chi connectivity index (χ2v) is 7.80. The lowest BCUT2D eigenvalue weighted by atomic mass is 9.73. The molecule has 2 aliphatic rings. The molecule has 1 aliphatic carbocycles. The average molecular weight is 394 g/mol. The van der Waals surface area contributed by atoms with Gasteiger partial charge in [0.05, 0.1) is 22.3 Å². The zero-order chi connectivity index (χ0) is 18.1. The van der Waals surface area contributed by atoms with Gasteiger partial charge in [-0.25, -0.2) is 4.68 Å². The van der Waals surface area contributed by atoms with Gasteiger partial charge >= 0.3 is 0 Å². The third-order valence-electron chi connectivity index (χ3n) is 5.33. The molecular weight excluding hydrogens is 373 g/mol. The molecule has 7 heteroatoms. The summed E-state index contributed by atoms with van der Waals surface area (Å²) in [5.41, 5.74) is 0.819. The molecule has 2 aromatic rings. The monoisotopic (exact) mass is 393 g/mol. The Balaban J connectivity index is 1.34. The average Bonchev–Trinajstić information content (AvgIpc) is 3.28. The molecule has 2 atom stereocenters. The summed E-state index contributed by atoms with van der Waals surface area (Å²) in [6.07, 6.45) is 6.10. The molecule has 26 heavy (non-hydrogen) atoms. The van der Waals surface area contributed by atoms with Crippen LogP contribution in [-0.2, 0) is 4.79 Å². The molecule has 1 saturated heterocycles. The summed E-state index contributed by atoms with van der Waals surface area (Å²) >= 11 is 12.0. The highest BCUT2D eigenvalue weighted by Gasteiger charge is 2.39. The van der Waals surface area contributed by atoms with Gasteiger partial charge in [0.15, 0.2) is 0 Å². The molecule has 1 saturated carbocycles. The second-order valence-electron chi connectivity index (χ2n) is 6.98. The zero-order valence-electron chi connectivity index (χ0n) is 14.4. The molecule has 0 spiro atoms. The Labute approximate surface area is 162 Å². The van der Waals surface area contributed by atoms with E-state index in [0.29, 0.717) is 34.4 Å². The minimum absolute atomic E-state index is 0.116. The van der Waals surface area contributed by atoms with Gasteiger partial charge in [0.2, 0.25) is 11.8 Å². The lowest BCUT2D eigenvalue weighted by molar-refractivity contribution is -0.141. The SMILES string of the molecule is O=C(C1CCC1COc1ccn(-c2ccc(Cl)c(Cl)c2)n1)N1CCCC1. The Bertz CT molecular complexity index is 802. The fraction of sp³-hybridized carbons (Fsp3) is 0.474. The summed E-state index contributed by atoms with van der Waals surface area (Å²) in [5, 5.41) is 5.42. The van der Waals surface area contributed by atoms with Crippen LogP contribution in [0.1, 0.15) is 25.7 Å². The largest absolute Gasteiger partial charge is 0.476 e. The van der Waals surface area contributed by atoms with E-state index in [2.05, 4.69) is 5.10 Å². The van der Waals surface area contributed by atoms with E-state index in [4.69, 9.17) is 27.9 Å². The lowest BCUT2D eigenvalue weighted by Gasteiger charge is -2.37. The molecule has 5 nitrogen and oxygen atoms in total.